The maximum atomic E-state index is 2.53. The zero-order valence-electron chi connectivity index (χ0n) is 35.9. The summed E-state index contributed by atoms with van der Waals surface area (Å²) in [5, 5.41) is 2.62. The third kappa shape index (κ3) is 5.51. The van der Waals surface area contributed by atoms with Crippen LogP contribution in [0, 0.1) is 0 Å². The van der Waals surface area contributed by atoms with Crippen LogP contribution in [0.2, 0.25) is 0 Å². The van der Waals surface area contributed by atoms with Crippen LogP contribution in [0.25, 0.3) is 53.6 Å². The predicted molar refractivity (Wildman–Crippen MR) is 274 cm³/mol. The second-order valence-electron chi connectivity index (χ2n) is 17.7. The van der Waals surface area contributed by atoms with E-state index >= 15 is 0 Å². The third-order valence-corrected chi connectivity index (χ3v) is 15.6. The molecule has 13 rings (SSSR count). The Morgan fingerprint density at radius 3 is 1.69 bits per heavy atom. The first-order chi connectivity index (χ1) is 32.1. The standard InChI is InChI=1S/C63H43NS/c1-62(44-20-5-2-6-21-44)54-30-14-11-27-49(54)52-41-48(36-37-55(52)62)64(47-26-17-19-42(39-47)43-35-38-60-53(40-43)50-28-13-16-34-59(50)65-60)58-33-18-32-57-61(58)51-29-12-15-31-56(51)63(57,45-22-7-3-8-23-45)46-24-9-4-10-25-46/h2-41H,1H3. The van der Waals surface area contributed by atoms with E-state index in [1.807, 2.05) is 11.3 Å². The van der Waals surface area contributed by atoms with Gasteiger partial charge in [0.05, 0.1) is 11.1 Å². The molecule has 0 saturated heterocycles. The summed E-state index contributed by atoms with van der Waals surface area (Å²) in [5.41, 5.74) is 19.1. The van der Waals surface area contributed by atoms with E-state index in [-0.39, 0.29) is 5.41 Å². The van der Waals surface area contributed by atoms with Crippen molar-refractivity contribution in [3.8, 4) is 33.4 Å². The van der Waals surface area contributed by atoms with E-state index < -0.39 is 5.41 Å². The average Bonchev–Trinajstić information content (AvgIpc) is 4.00. The molecular formula is C63H43NS. The van der Waals surface area contributed by atoms with Gasteiger partial charge in [-0.3, -0.25) is 0 Å². The van der Waals surface area contributed by atoms with Crippen LogP contribution in [0.3, 0.4) is 0 Å². The monoisotopic (exact) mass is 845 g/mol. The molecule has 11 aromatic rings. The number of nitrogens with zero attached hydrogens (tertiary/aromatic N) is 1. The van der Waals surface area contributed by atoms with Crippen LogP contribution in [0.5, 0.6) is 0 Å². The van der Waals surface area contributed by atoms with Crippen molar-refractivity contribution in [3.05, 3.63) is 282 Å². The van der Waals surface area contributed by atoms with E-state index in [1.54, 1.807) is 0 Å². The molecule has 1 atom stereocenters. The van der Waals surface area contributed by atoms with Crippen molar-refractivity contribution in [2.45, 2.75) is 17.8 Å². The largest absolute Gasteiger partial charge is 0.310 e. The molecule has 0 amide bonds. The lowest BCUT2D eigenvalue weighted by molar-refractivity contribution is 0.714. The summed E-state index contributed by atoms with van der Waals surface area (Å²) < 4.78 is 2.63. The molecule has 1 aromatic heterocycles. The first-order valence-corrected chi connectivity index (χ1v) is 23.4. The quantitative estimate of drug-likeness (QED) is 0.154. The van der Waals surface area contributed by atoms with Crippen molar-refractivity contribution in [1.82, 2.24) is 0 Å². The lowest BCUT2D eigenvalue weighted by Crippen LogP contribution is -2.28. The van der Waals surface area contributed by atoms with Crippen molar-refractivity contribution < 1.29 is 0 Å². The zero-order valence-corrected chi connectivity index (χ0v) is 36.8. The zero-order chi connectivity index (χ0) is 43.1. The summed E-state index contributed by atoms with van der Waals surface area (Å²) >= 11 is 1.87. The summed E-state index contributed by atoms with van der Waals surface area (Å²) in [6, 6.07) is 90.5. The van der Waals surface area contributed by atoms with Crippen molar-refractivity contribution in [2.24, 2.45) is 0 Å². The van der Waals surface area contributed by atoms with Crippen LogP contribution in [0.4, 0.5) is 17.1 Å². The van der Waals surface area contributed by atoms with E-state index in [0.717, 1.165) is 17.1 Å². The highest BCUT2D eigenvalue weighted by Gasteiger charge is 2.47. The Kier molecular flexibility index (Phi) is 8.50. The number of hydrogen-bond acceptors (Lipinski definition) is 2. The summed E-state index contributed by atoms with van der Waals surface area (Å²) in [6.45, 7) is 2.40. The fourth-order valence-electron chi connectivity index (χ4n) is 11.5. The minimum Gasteiger partial charge on any atom is -0.310 e. The van der Waals surface area contributed by atoms with Gasteiger partial charge in [0.2, 0.25) is 0 Å². The predicted octanol–water partition coefficient (Wildman–Crippen LogP) is 16.9. The SMILES string of the molecule is CC1(c2ccccc2)c2ccccc2-c2cc(N(c3cccc(-c4ccc5sc6ccccc6c5c4)c3)c3cccc4c3-c3ccccc3C4(c3ccccc3)c3ccccc3)ccc21. The highest BCUT2D eigenvalue weighted by Crippen LogP contribution is 2.60. The Morgan fingerprint density at radius 1 is 0.354 bits per heavy atom. The molecule has 306 valence electrons. The number of rotatable bonds is 7. The molecule has 0 N–H and O–H groups in total. The maximum absolute atomic E-state index is 2.53. The van der Waals surface area contributed by atoms with Crippen LogP contribution in [0.1, 0.15) is 45.9 Å². The number of anilines is 3. The highest BCUT2D eigenvalue weighted by molar-refractivity contribution is 7.25. The molecule has 0 radical (unpaired) electrons. The third-order valence-electron chi connectivity index (χ3n) is 14.4. The molecule has 0 saturated carbocycles. The molecule has 1 heterocycles. The summed E-state index contributed by atoms with van der Waals surface area (Å²) in [4.78, 5) is 2.53. The number of fused-ring (bicyclic) bond motifs is 9. The summed E-state index contributed by atoms with van der Waals surface area (Å²) in [7, 11) is 0. The van der Waals surface area contributed by atoms with Gasteiger partial charge in [-0.2, -0.15) is 0 Å². The van der Waals surface area contributed by atoms with Crippen LogP contribution in [-0.4, -0.2) is 0 Å². The fourth-order valence-corrected chi connectivity index (χ4v) is 12.6. The normalized spacial score (nSPS) is 15.3. The van der Waals surface area contributed by atoms with Gasteiger partial charge < -0.3 is 4.90 Å². The Bertz CT molecular complexity index is 3580. The molecule has 2 aliphatic rings. The van der Waals surface area contributed by atoms with Gasteiger partial charge in [-0.1, -0.05) is 194 Å². The lowest BCUT2D eigenvalue weighted by Gasteiger charge is -2.34. The number of hydrogen-bond donors (Lipinski definition) is 0. The van der Waals surface area contributed by atoms with Gasteiger partial charge >= 0.3 is 0 Å². The van der Waals surface area contributed by atoms with Crippen molar-refractivity contribution in [3.63, 3.8) is 0 Å². The molecule has 1 nitrogen and oxygen atoms in total. The van der Waals surface area contributed by atoms with Gasteiger partial charge in [-0.25, -0.2) is 0 Å². The molecular weight excluding hydrogens is 803 g/mol. The minimum atomic E-state index is -0.523. The molecule has 2 aliphatic carbocycles. The Hall–Kier alpha value is -7.78. The molecule has 0 spiro atoms. The minimum absolute atomic E-state index is 0.293. The smallest absolute Gasteiger partial charge is 0.0714 e. The summed E-state index contributed by atoms with van der Waals surface area (Å²) in [6.07, 6.45) is 0. The second-order valence-corrected chi connectivity index (χ2v) is 18.8. The Labute approximate surface area is 384 Å². The van der Waals surface area contributed by atoms with E-state index in [4.69, 9.17) is 0 Å². The van der Waals surface area contributed by atoms with E-state index in [9.17, 15) is 0 Å². The maximum Gasteiger partial charge on any atom is 0.0714 e. The highest BCUT2D eigenvalue weighted by atomic mass is 32.1. The van der Waals surface area contributed by atoms with Crippen LogP contribution in [-0.2, 0) is 10.8 Å². The second kappa shape index (κ2) is 14.6. The van der Waals surface area contributed by atoms with Gasteiger partial charge in [0.25, 0.3) is 0 Å². The number of thiophene rings is 1. The molecule has 65 heavy (non-hydrogen) atoms. The fraction of sp³-hybridized carbons (Fsp3) is 0.0476. The Morgan fingerprint density at radius 2 is 0.923 bits per heavy atom. The van der Waals surface area contributed by atoms with E-state index in [0.29, 0.717) is 0 Å². The lowest BCUT2D eigenvalue weighted by atomic mass is 9.68. The first kappa shape index (κ1) is 37.7. The van der Waals surface area contributed by atoms with Gasteiger partial charge in [0, 0.05) is 42.5 Å². The van der Waals surface area contributed by atoms with Crippen LogP contribution >= 0.6 is 11.3 Å². The van der Waals surface area contributed by atoms with Crippen LogP contribution in [0.15, 0.2) is 243 Å². The van der Waals surface area contributed by atoms with Crippen molar-refractivity contribution in [1.29, 1.82) is 0 Å². The van der Waals surface area contributed by atoms with Gasteiger partial charge in [0.1, 0.15) is 0 Å². The molecule has 0 fully saturated rings. The first-order valence-electron chi connectivity index (χ1n) is 22.6. The van der Waals surface area contributed by atoms with Crippen LogP contribution < -0.4 is 4.90 Å². The van der Waals surface area contributed by atoms with Gasteiger partial charge in [0.15, 0.2) is 0 Å². The average molecular weight is 846 g/mol. The topological polar surface area (TPSA) is 3.24 Å². The van der Waals surface area contributed by atoms with Gasteiger partial charge in [-0.15, -0.1) is 11.3 Å². The molecule has 1 unspecified atom stereocenters. The molecule has 10 aromatic carbocycles. The molecule has 2 heteroatoms. The number of benzene rings is 10. The molecule has 0 bridgehead atoms. The summed E-state index contributed by atoms with van der Waals surface area (Å²) in [5.74, 6) is 0. The molecule has 0 aliphatic heterocycles. The van der Waals surface area contributed by atoms with Crippen molar-refractivity contribution in [2.75, 3.05) is 4.90 Å². The van der Waals surface area contributed by atoms with Gasteiger partial charge in [-0.05, 0) is 122 Å². The van der Waals surface area contributed by atoms with E-state index in [2.05, 4.69) is 254 Å². The Balaban J connectivity index is 1.08. The van der Waals surface area contributed by atoms with Crippen molar-refractivity contribution >= 4 is 48.6 Å². The van der Waals surface area contributed by atoms with E-state index in [1.165, 1.54) is 92.5 Å².